The highest BCUT2D eigenvalue weighted by Gasteiger charge is 2.30. The molecule has 0 saturated carbocycles. The molecule has 2 unspecified atom stereocenters. The Balaban J connectivity index is 2.82. The fourth-order valence-electron chi connectivity index (χ4n) is 1.14. The number of nitrogens with zero attached hydrogens (tertiary/aromatic N) is 1. The molecular formula is C9H11ClN2O4S. The number of carbonyl (C=O) groups is 2. The van der Waals surface area contributed by atoms with Gasteiger partial charge >= 0.3 is 5.97 Å². The smallest absolute Gasteiger partial charge is 0.331 e. The first-order valence-corrected chi connectivity index (χ1v) is 5.95. The van der Waals surface area contributed by atoms with Gasteiger partial charge in [0.25, 0.3) is 0 Å². The highest BCUT2D eigenvalue weighted by molar-refractivity contribution is 7.15. The minimum Gasteiger partial charge on any atom is -0.464 e. The van der Waals surface area contributed by atoms with Gasteiger partial charge in [0.05, 0.1) is 12.8 Å². The lowest BCUT2D eigenvalue weighted by atomic mass is 10.2. The van der Waals surface area contributed by atoms with Crippen molar-refractivity contribution in [3.8, 4) is 0 Å². The summed E-state index contributed by atoms with van der Waals surface area (Å²) in [6, 6.07) is -1.19. The largest absolute Gasteiger partial charge is 0.464 e. The number of esters is 1. The molecule has 6 nitrogen and oxygen atoms in total. The summed E-state index contributed by atoms with van der Waals surface area (Å²) >= 11 is 6.69. The van der Waals surface area contributed by atoms with Crippen LogP contribution in [0.2, 0.25) is 4.34 Å². The summed E-state index contributed by atoms with van der Waals surface area (Å²) in [5.41, 5.74) is 0. The highest BCUT2D eigenvalue weighted by Crippen LogP contribution is 2.26. The molecule has 0 saturated heterocycles. The molecule has 0 bridgehead atoms. The average Bonchev–Trinajstić information content (AvgIpc) is 2.72. The van der Waals surface area contributed by atoms with Crippen molar-refractivity contribution in [2.24, 2.45) is 0 Å². The highest BCUT2D eigenvalue weighted by atomic mass is 35.5. The van der Waals surface area contributed by atoms with E-state index in [-0.39, 0.29) is 11.6 Å². The number of carbonyl (C=O) groups excluding carboxylic acids is 2. The van der Waals surface area contributed by atoms with Crippen molar-refractivity contribution in [3.63, 3.8) is 0 Å². The lowest BCUT2D eigenvalue weighted by molar-refractivity contribution is -0.149. The van der Waals surface area contributed by atoms with Crippen molar-refractivity contribution in [1.82, 2.24) is 10.3 Å². The van der Waals surface area contributed by atoms with E-state index in [0.717, 1.165) is 11.3 Å². The minimum absolute atomic E-state index is 0.154. The van der Waals surface area contributed by atoms with Crippen molar-refractivity contribution < 1.29 is 19.4 Å². The Bertz CT molecular complexity index is 398. The number of hydrogen-bond donors (Lipinski definition) is 2. The standard InChI is InChI=1S/C9H11ClN2O4S/c1-2-16-9(15)6(12-4-13)7(14)8-11-3-5(10)17-8/h3-4,6-7,14H,2H2,1H3,(H,12,13). The predicted molar refractivity (Wildman–Crippen MR) is 61.7 cm³/mol. The van der Waals surface area contributed by atoms with Gasteiger partial charge in [-0.3, -0.25) is 4.79 Å². The van der Waals surface area contributed by atoms with Gasteiger partial charge in [-0.2, -0.15) is 0 Å². The number of amides is 1. The number of thiazole rings is 1. The molecule has 2 atom stereocenters. The Morgan fingerprint density at radius 2 is 2.53 bits per heavy atom. The van der Waals surface area contributed by atoms with Gasteiger partial charge in [-0.05, 0) is 6.92 Å². The molecule has 17 heavy (non-hydrogen) atoms. The van der Waals surface area contributed by atoms with Crippen LogP contribution in [0.1, 0.15) is 18.0 Å². The van der Waals surface area contributed by atoms with Crippen LogP contribution in [0, 0.1) is 0 Å². The van der Waals surface area contributed by atoms with Crippen molar-refractivity contribution in [2.75, 3.05) is 6.61 Å². The molecule has 8 heteroatoms. The van der Waals surface area contributed by atoms with Crippen LogP contribution < -0.4 is 5.32 Å². The molecule has 1 aromatic rings. The van der Waals surface area contributed by atoms with E-state index in [0.29, 0.717) is 10.7 Å². The molecule has 0 aromatic carbocycles. The van der Waals surface area contributed by atoms with Gasteiger partial charge in [0.15, 0.2) is 6.04 Å². The fraction of sp³-hybridized carbons (Fsp3) is 0.444. The molecule has 0 fully saturated rings. The van der Waals surface area contributed by atoms with Gasteiger partial charge in [-0.25, -0.2) is 9.78 Å². The number of nitrogens with one attached hydrogen (secondary N) is 1. The quantitative estimate of drug-likeness (QED) is 0.585. The van der Waals surface area contributed by atoms with Gasteiger partial charge in [0.1, 0.15) is 15.4 Å². The van der Waals surface area contributed by atoms with Crippen molar-refractivity contribution >= 4 is 35.3 Å². The van der Waals surface area contributed by atoms with Crippen LogP contribution in [0.4, 0.5) is 0 Å². The SMILES string of the molecule is CCOC(=O)C(NC=O)C(O)c1ncc(Cl)s1. The van der Waals surface area contributed by atoms with E-state index in [1.165, 1.54) is 6.20 Å². The average molecular weight is 279 g/mol. The minimum atomic E-state index is -1.28. The number of aromatic nitrogens is 1. The molecule has 0 aliphatic carbocycles. The van der Waals surface area contributed by atoms with E-state index in [1.54, 1.807) is 6.92 Å². The van der Waals surface area contributed by atoms with Crippen LogP contribution in [0.25, 0.3) is 0 Å². The molecular weight excluding hydrogens is 268 g/mol. The zero-order valence-electron chi connectivity index (χ0n) is 8.92. The molecule has 0 radical (unpaired) electrons. The first kappa shape index (κ1) is 13.9. The molecule has 1 aromatic heterocycles. The second-order valence-electron chi connectivity index (χ2n) is 2.96. The Hall–Kier alpha value is -1.18. The number of halogens is 1. The molecule has 0 spiro atoms. The van der Waals surface area contributed by atoms with Crippen LogP contribution in [0.5, 0.6) is 0 Å². The molecule has 1 heterocycles. The van der Waals surface area contributed by atoms with E-state index in [4.69, 9.17) is 16.3 Å². The second kappa shape index (κ2) is 6.53. The van der Waals surface area contributed by atoms with Gasteiger partial charge < -0.3 is 15.2 Å². The Kier molecular flexibility index (Phi) is 5.33. The summed E-state index contributed by atoms with van der Waals surface area (Å²) in [5.74, 6) is -0.724. The first-order chi connectivity index (χ1) is 8.10. The Labute approximate surface area is 107 Å². The number of aliphatic hydroxyl groups excluding tert-OH is 1. The zero-order valence-corrected chi connectivity index (χ0v) is 10.5. The maximum absolute atomic E-state index is 11.5. The summed E-state index contributed by atoms with van der Waals surface area (Å²) in [7, 11) is 0. The summed E-state index contributed by atoms with van der Waals surface area (Å²) < 4.78 is 5.11. The van der Waals surface area contributed by atoms with Crippen LogP contribution in [-0.2, 0) is 14.3 Å². The molecule has 94 valence electrons. The third kappa shape index (κ3) is 3.65. The molecule has 0 aliphatic heterocycles. The van der Waals surface area contributed by atoms with Gasteiger partial charge in [-0.15, -0.1) is 11.3 Å². The lowest BCUT2D eigenvalue weighted by Crippen LogP contribution is -2.42. The number of ether oxygens (including phenoxy) is 1. The van der Waals surface area contributed by atoms with E-state index in [2.05, 4.69) is 10.3 Å². The number of hydrogen-bond acceptors (Lipinski definition) is 6. The number of rotatable bonds is 6. The Morgan fingerprint density at radius 1 is 1.82 bits per heavy atom. The van der Waals surface area contributed by atoms with Crippen molar-refractivity contribution in [3.05, 3.63) is 15.5 Å². The molecule has 1 rings (SSSR count). The summed E-state index contributed by atoms with van der Waals surface area (Å²) in [4.78, 5) is 25.7. The zero-order chi connectivity index (χ0) is 12.8. The van der Waals surface area contributed by atoms with Crippen LogP contribution in [-0.4, -0.2) is 35.1 Å². The number of aliphatic hydroxyl groups is 1. The predicted octanol–water partition coefficient (Wildman–Crippen LogP) is 0.508. The van der Waals surface area contributed by atoms with Crippen LogP contribution >= 0.6 is 22.9 Å². The first-order valence-electron chi connectivity index (χ1n) is 4.75. The third-order valence-electron chi connectivity index (χ3n) is 1.85. The molecule has 2 N–H and O–H groups in total. The summed E-state index contributed by atoms with van der Waals surface area (Å²) in [5, 5.41) is 12.3. The van der Waals surface area contributed by atoms with Gasteiger partial charge in [0, 0.05) is 0 Å². The lowest BCUT2D eigenvalue weighted by Gasteiger charge is -2.18. The monoisotopic (exact) mass is 278 g/mol. The molecule has 0 aliphatic rings. The maximum atomic E-state index is 11.5. The van der Waals surface area contributed by atoms with E-state index in [9.17, 15) is 14.7 Å². The van der Waals surface area contributed by atoms with Crippen LogP contribution in [0.15, 0.2) is 6.20 Å². The van der Waals surface area contributed by atoms with Crippen LogP contribution in [0.3, 0.4) is 0 Å². The van der Waals surface area contributed by atoms with E-state index >= 15 is 0 Å². The summed E-state index contributed by atoms with van der Waals surface area (Å²) in [6.07, 6.45) is 0.394. The van der Waals surface area contributed by atoms with Crippen molar-refractivity contribution in [2.45, 2.75) is 19.1 Å². The van der Waals surface area contributed by atoms with Gasteiger partial charge in [-0.1, -0.05) is 11.6 Å². The van der Waals surface area contributed by atoms with E-state index in [1.807, 2.05) is 0 Å². The second-order valence-corrected chi connectivity index (χ2v) is 4.66. The normalized spacial score (nSPS) is 13.8. The molecule has 1 amide bonds. The third-order valence-corrected chi connectivity index (χ3v) is 3.04. The van der Waals surface area contributed by atoms with E-state index < -0.39 is 18.1 Å². The maximum Gasteiger partial charge on any atom is 0.331 e. The summed E-state index contributed by atoms with van der Waals surface area (Å²) in [6.45, 7) is 1.78. The Morgan fingerprint density at radius 3 is 3.00 bits per heavy atom. The topological polar surface area (TPSA) is 88.5 Å². The van der Waals surface area contributed by atoms with Crippen molar-refractivity contribution in [1.29, 1.82) is 0 Å². The fourth-order valence-corrected chi connectivity index (χ4v) is 2.09. The van der Waals surface area contributed by atoms with Gasteiger partial charge in [0.2, 0.25) is 6.41 Å².